The number of aromatic nitrogens is 2. The van der Waals surface area contributed by atoms with Gasteiger partial charge in [0.25, 0.3) is 5.91 Å². The van der Waals surface area contributed by atoms with Crippen LogP contribution in [0.3, 0.4) is 0 Å². The van der Waals surface area contributed by atoms with Gasteiger partial charge in [0, 0.05) is 34.8 Å². The van der Waals surface area contributed by atoms with Crippen molar-refractivity contribution < 1.29 is 18.7 Å². The zero-order valence-corrected chi connectivity index (χ0v) is 19.3. The van der Waals surface area contributed by atoms with E-state index in [1.54, 1.807) is 24.3 Å². The van der Waals surface area contributed by atoms with Crippen molar-refractivity contribution in [1.29, 1.82) is 0 Å². The largest absolute Gasteiger partial charge is 0.459 e. The Kier molecular flexibility index (Phi) is 6.48. The van der Waals surface area contributed by atoms with Gasteiger partial charge < -0.3 is 25.2 Å². The highest BCUT2D eigenvalue weighted by Crippen LogP contribution is 2.21. The molecule has 0 radical (unpaired) electrons. The summed E-state index contributed by atoms with van der Waals surface area (Å²) in [7, 11) is 0. The average molecular weight is 481 g/mol. The number of carbonyl (C=O) groups is 2. The van der Waals surface area contributed by atoms with Crippen LogP contribution < -0.4 is 11.1 Å². The Morgan fingerprint density at radius 3 is 2.56 bits per heavy atom. The van der Waals surface area contributed by atoms with Crippen LogP contribution in [0, 0.1) is 0 Å². The van der Waals surface area contributed by atoms with Crippen molar-refractivity contribution in [2.24, 2.45) is 0 Å². The van der Waals surface area contributed by atoms with Crippen LogP contribution in [0.1, 0.15) is 21.6 Å². The van der Waals surface area contributed by atoms with E-state index in [2.05, 4.69) is 15.3 Å². The van der Waals surface area contributed by atoms with E-state index in [1.807, 2.05) is 60.8 Å². The molecule has 0 aliphatic carbocycles. The minimum Gasteiger partial charge on any atom is -0.459 e. The quantitative estimate of drug-likeness (QED) is 0.222. The number of nitrogens with zero attached hydrogens (tertiary/aromatic N) is 1. The highest BCUT2D eigenvalue weighted by Gasteiger charge is 2.26. The maximum Gasteiger partial charge on any atom is 0.329 e. The predicted octanol–water partition coefficient (Wildman–Crippen LogP) is 4.49. The number of nitrogens with two attached hydrogens (primary N) is 1. The predicted molar refractivity (Wildman–Crippen MR) is 136 cm³/mol. The van der Waals surface area contributed by atoms with E-state index in [0.717, 1.165) is 22.0 Å². The first-order valence-corrected chi connectivity index (χ1v) is 11.4. The highest BCUT2D eigenvalue weighted by atomic mass is 16.5. The van der Waals surface area contributed by atoms with E-state index < -0.39 is 17.9 Å². The molecule has 1 atom stereocenters. The molecule has 180 valence electrons. The molecule has 1 amide bonds. The molecule has 8 nitrogen and oxygen atoms in total. The first-order chi connectivity index (χ1) is 17.6. The van der Waals surface area contributed by atoms with Crippen molar-refractivity contribution in [3.8, 4) is 11.5 Å². The van der Waals surface area contributed by atoms with Crippen LogP contribution in [0.5, 0.6) is 0 Å². The van der Waals surface area contributed by atoms with Gasteiger partial charge in [-0.2, -0.15) is 0 Å². The Morgan fingerprint density at radius 2 is 1.75 bits per heavy atom. The van der Waals surface area contributed by atoms with Gasteiger partial charge in [0.15, 0.2) is 5.69 Å². The monoisotopic (exact) mass is 480 g/mol. The molecule has 0 spiro atoms. The summed E-state index contributed by atoms with van der Waals surface area (Å²) in [4.78, 5) is 33.6. The summed E-state index contributed by atoms with van der Waals surface area (Å²) in [5.74, 6) is -0.804. The Labute approximate surface area is 207 Å². The number of rotatable bonds is 8. The molecule has 0 bridgehead atoms. The van der Waals surface area contributed by atoms with Crippen molar-refractivity contribution in [2.45, 2.75) is 19.1 Å². The molecule has 2 aromatic heterocycles. The van der Waals surface area contributed by atoms with Crippen LogP contribution in [0.25, 0.3) is 22.4 Å². The van der Waals surface area contributed by atoms with Gasteiger partial charge >= 0.3 is 5.97 Å². The normalized spacial score (nSPS) is 11.8. The van der Waals surface area contributed by atoms with Gasteiger partial charge in [-0.05, 0) is 41.5 Å². The lowest BCUT2D eigenvalue weighted by Crippen LogP contribution is -2.43. The summed E-state index contributed by atoms with van der Waals surface area (Å²) in [5, 5.41) is 3.75. The van der Waals surface area contributed by atoms with Gasteiger partial charge in [-0.15, -0.1) is 0 Å². The standard InChI is InChI=1S/C28H24N4O4/c29-21-12-10-19(11-13-21)27-32-25(17-35-27)26(33)31-24(28(34)36-16-18-6-2-1-3-7-18)14-20-15-30-23-9-5-4-8-22(20)23/h1-13,15,17,24,30H,14,16,29H2,(H,31,33). The Morgan fingerprint density at radius 1 is 1.00 bits per heavy atom. The molecule has 0 fully saturated rings. The van der Waals surface area contributed by atoms with Gasteiger partial charge in [0.2, 0.25) is 5.89 Å². The number of anilines is 1. The third-order valence-corrected chi connectivity index (χ3v) is 5.81. The summed E-state index contributed by atoms with van der Waals surface area (Å²) in [6.45, 7) is 0.102. The van der Waals surface area contributed by atoms with Gasteiger partial charge in [-0.25, -0.2) is 9.78 Å². The summed E-state index contributed by atoms with van der Waals surface area (Å²) >= 11 is 0. The number of nitrogen functional groups attached to an aromatic ring is 1. The SMILES string of the molecule is Nc1ccc(-c2nc(C(=O)NC(Cc3c[nH]c4ccccc34)C(=O)OCc3ccccc3)co2)cc1. The number of esters is 1. The van der Waals surface area contributed by atoms with Crippen molar-refractivity contribution in [1.82, 2.24) is 15.3 Å². The molecule has 36 heavy (non-hydrogen) atoms. The molecular formula is C28H24N4O4. The minimum absolute atomic E-state index is 0.0570. The second-order valence-corrected chi connectivity index (χ2v) is 8.34. The summed E-state index contributed by atoms with van der Waals surface area (Å²) in [5.41, 5.74) is 9.76. The molecule has 1 unspecified atom stereocenters. The Bertz CT molecular complexity index is 1490. The number of benzene rings is 3. The number of para-hydroxylation sites is 1. The molecule has 3 aromatic carbocycles. The molecule has 0 saturated carbocycles. The fourth-order valence-corrected chi connectivity index (χ4v) is 3.91. The summed E-state index contributed by atoms with van der Waals surface area (Å²) in [6, 6.07) is 23.2. The molecule has 2 heterocycles. The molecule has 0 aliphatic heterocycles. The van der Waals surface area contributed by atoms with Gasteiger partial charge in [-0.1, -0.05) is 48.5 Å². The number of aromatic amines is 1. The summed E-state index contributed by atoms with van der Waals surface area (Å²) in [6.07, 6.45) is 3.34. The number of ether oxygens (including phenoxy) is 1. The van der Waals surface area contributed by atoms with Gasteiger partial charge in [0.05, 0.1) is 0 Å². The number of hydrogen-bond acceptors (Lipinski definition) is 6. The van der Waals surface area contributed by atoms with Crippen LogP contribution in [0.2, 0.25) is 0 Å². The fraction of sp³-hybridized carbons (Fsp3) is 0.107. The number of fused-ring (bicyclic) bond motifs is 1. The lowest BCUT2D eigenvalue weighted by molar-refractivity contribution is -0.147. The van der Waals surface area contributed by atoms with E-state index in [1.165, 1.54) is 6.26 Å². The second kappa shape index (κ2) is 10.2. The zero-order valence-electron chi connectivity index (χ0n) is 19.3. The van der Waals surface area contributed by atoms with E-state index >= 15 is 0 Å². The van der Waals surface area contributed by atoms with Crippen LogP contribution in [-0.2, 0) is 22.6 Å². The smallest absolute Gasteiger partial charge is 0.329 e. The van der Waals surface area contributed by atoms with E-state index in [9.17, 15) is 9.59 Å². The first kappa shape index (κ1) is 22.9. The first-order valence-electron chi connectivity index (χ1n) is 11.4. The van der Waals surface area contributed by atoms with E-state index in [0.29, 0.717) is 11.3 Å². The number of nitrogens with one attached hydrogen (secondary N) is 2. The fourth-order valence-electron chi connectivity index (χ4n) is 3.91. The molecule has 8 heteroatoms. The van der Waals surface area contributed by atoms with E-state index in [-0.39, 0.29) is 24.6 Å². The van der Waals surface area contributed by atoms with Gasteiger partial charge in [-0.3, -0.25) is 4.79 Å². The van der Waals surface area contributed by atoms with Crippen molar-refractivity contribution in [3.05, 3.63) is 108 Å². The van der Waals surface area contributed by atoms with Crippen molar-refractivity contribution in [2.75, 3.05) is 5.73 Å². The Balaban J connectivity index is 1.35. The topological polar surface area (TPSA) is 123 Å². The molecular weight excluding hydrogens is 456 g/mol. The van der Waals surface area contributed by atoms with Crippen molar-refractivity contribution >= 4 is 28.5 Å². The van der Waals surface area contributed by atoms with Crippen LogP contribution in [0.15, 0.2) is 95.7 Å². The molecule has 0 saturated heterocycles. The van der Waals surface area contributed by atoms with E-state index in [4.69, 9.17) is 14.9 Å². The zero-order chi connectivity index (χ0) is 24.9. The number of H-pyrrole nitrogens is 1. The third-order valence-electron chi connectivity index (χ3n) is 5.81. The van der Waals surface area contributed by atoms with Crippen LogP contribution in [-0.4, -0.2) is 27.9 Å². The van der Waals surface area contributed by atoms with Gasteiger partial charge in [0.1, 0.15) is 18.9 Å². The average Bonchev–Trinajstić information content (AvgIpc) is 3.56. The molecule has 5 aromatic rings. The second-order valence-electron chi connectivity index (χ2n) is 8.34. The minimum atomic E-state index is -0.933. The lowest BCUT2D eigenvalue weighted by Gasteiger charge is -2.17. The molecule has 5 rings (SSSR count). The van der Waals surface area contributed by atoms with Crippen molar-refractivity contribution in [3.63, 3.8) is 0 Å². The number of carbonyl (C=O) groups excluding carboxylic acids is 2. The summed E-state index contributed by atoms with van der Waals surface area (Å²) < 4.78 is 11.0. The third kappa shape index (κ3) is 5.12. The number of amides is 1. The van der Waals surface area contributed by atoms with Crippen LogP contribution in [0.4, 0.5) is 5.69 Å². The Hall–Kier alpha value is -4.85. The van der Waals surface area contributed by atoms with Crippen LogP contribution >= 0.6 is 0 Å². The highest BCUT2D eigenvalue weighted by molar-refractivity contribution is 5.95. The lowest BCUT2D eigenvalue weighted by atomic mass is 10.0. The maximum absolute atomic E-state index is 13.1. The number of oxazole rings is 1. The molecule has 0 aliphatic rings. The number of hydrogen-bond donors (Lipinski definition) is 3. The maximum atomic E-state index is 13.1. The molecule has 4 N–H and O–H groups in total.